The number of aliphatic hydroxyl groups excluding tert-OH is 1. The highest BCUT2D eigenvalue weighted by Gasteiger charge is 2.30. The van der Waals surface area contributed by atoms with E-state index in [9.17, 15) is 18.7 Å². The molecule has 1 amide bonds. The number of halogens is 3. The van der Waals surface area contributed by atoms with Gasteiger partial charge in [0.05, 0.1) is 36.6 Å². The smallest absolute Gasteiger partial charge is 0.420 e. The summed E-state index contributed by atoms with van der Waals surface area (Å²) in [6, 6.07) is 8.33. The predicted molar refractivity (Wildman–Crippen MR) is 122 cm³/mol. The molecule has 0 spiro atoms. The van der Waals surface area contributed by atoms with Crippen molar-refractivity contribution in [2.24, 2.45) is 0 Å². The molecule has 1 saturated heterocycles. The lowest BCUT2D eigenvalue weighted by Gasteiger charge is -2.17. The Balaban J connectivity index is 1.50. The molecule has 3 heterocycles. The van der Waals surface area contributed by atoms with Gasteiger partial charge < -0.3 is 24.5 Å². The van der Waals surface area contributed by atoms with Crippen molar-refractivity contribution in [1.29, 1.82) is 0 Å². The Morgan fingerprint density at radius 3 is 2.60 bits per heavy atom. The van der Waals surface area contributed by atoms with Crippen LogP contribution in [-0.2, 0) is 4.74 Å². The Bertz CT molecular complexity index is 1360. The van der Waals surface area contributed by atoms with Crippen molar-refractivity contribution in [1.82, 2.24) is 19.5 Å². The van der Waals surface area contributed by atoms with Gasteiger partial charge in [0, 0.05) is 46.4 Å². The van der Waals surface area contributed by atoms with E-state index in [1.807, 2.05) is 4.57 Å². The molecule has 0 radical (unpaired) electrons. The number of fused-ring (bicyclic) bond motifs is 1. The average Bonchev–Trinajstić information content (AvgIpc) is 3.45. The standard InChI is InChI=1S/C23H18ClF2N5O4/c24-23(25,26)35-16-3-1-15(2-4-16)30-22(33)13-5-17(14-7-27-11-28-8-14)21-18(6-13)29-12-31(21)19-9-34-10-20(19)32/h1-8,11-12,19-20,32H,9-10H2,(H,30,33)/t19-,20-/m0/s1. The van der Waals surface area contributed by atoms with Gasteiger partial charge >= 0.3 is 5.57 Å². The molecule has 0 saturated carbocycles. The minimum absolute atomic E-state index is 0.153. The Morgan fingerprint density at radius 2 is 1.94 bits per heavy atom. The number of amides is 1. The highest BCUT2D eigenvalue weighted by molar-refractivity contribution is 6.20. The zero-order chi connectivity index (χ0) is 24.6. The first-order valence-corrected chi connectivity index (χ1v) is 10.9. The van der Waals surface area contributed by atoms with Crippen molar-refractivity contribution >= 4 is 34.2 Å². The summed E-state index contributed by atoms with van der Waals surface area (Å²) in [5.74, 6) is -0.598. The van der Waals surface area contributed by atoms with Crippen LogP contribution in [0.5, 0.6) is 5.75 Å². The number of carbonyl (C=O) groups excluding carboxylic acids is 1. The maximum atomic E-state index is 13.1. The molecule has 0 aliphatic carbocycles. The van der Waals surface area contributed by atoms with E-state index in [-0.39, 0.29) is 18.4 Å². The van der Waals surface area contributed by atoms with Crippen molar-refractivity contribution < 1.29 is 28.2 Å². The van der Waals surface area contributed by atoms with E-state index >= 15 is 0 Å². The van der Waals surface area contributed by atoms with Gasteiger partial charge in [-0.05, 0) is 36.4 Å². The lowest BCUT2D eigenvalue weighted by molar-refractivity contribution is -0.0964. The summed E-state index contributed by atoms with van der Waals surface area (Å²) >= 11 is 4.77. The van der Waals surface area contributed by atoms with Gasteiger partial charge in [0.1, 0.15) is 18.2 Å². The Morgan fingerprint density at radius 1 is 1.20 bits per heavy atom. The normalized spacial score (nSPS) is 18.1. The molecule has 4 aromatic rings. The van der Waals surface area contributed by atoms with Gasteiger partial charge in [0.2, 0.25) is 0 Å². The van der Waals surface area contributed by atoms with Crippen LogP contribution in [0.1, 0.15) is 16.4 Å². The molecular weight excluding hydrogens is 484 g/mol. The number of carbonyl (C=O) groups is 1. The second kappa shape index (κ2) is 9.17. The summed E-state index contributed by atoms with van der Waals surface area (Å²) in [5, 5.41) is 13.1. The van der Waals surface area contributed by atoms with Gasteiger partial charge in [-0.15, -0.1) is 8.78 Å². The number of alkyl halides is 3. The number of ether oxygens (including phenoxy) is 2. The summed E-state index contributed by atoms with van der Waals surface area (Å²) in [6.07, 6.45) is 5.55. The maximum absolute atomic E-state index is 13.1. The molecule has 1 aliphatic heterocycles. The monoisotopic (exact) mass is 501 g/mol. The number of imidazole rings is 1. The van der Waals surface area contributed by atoms with Gasteiger partial charge in [-0.25, -0.2) is 15.0 Å². The number of benzene rings is 2. The highest BCUT2D eigenvalue weighted by Crippen LogP contribution is 2.33. The van der Waals surface area contributed by atoms with Crippen LogP contribution in [0.3, 0.4) is 0 Å². The number of hydrogen-bond acceptors (Lipinski definition) is 7. The summed E-state index contributed by atoms with van der Waals surface area (Å²) in [4.78, 5) is 25.7. The second-order valence-corrected chi connectivity index (χ2v) is 8.31. The van der Waals surface area contributed by atoms with Gasteiger partial charge in [0.15, 0.2) is 0 Å². The van der Waals surface area contributed by atoms with Gasteiger partial charge in [-0.2, -0.15) is 0 Å². The fourth-order valence-corrected chi connectivity index (χ4v) is 4.04. The molecule has 1 aliphatic rings. The third-order valence-electron chi connectivity index (χ3n) is 5.53. The minimum Gasteiger partial charge on any atom is -0.420 e. The fourth-order valence-electron chi connectivity index (χ4n) is 3.95. The van der Waals surface area contributed by atoms with E-state index in [0.717, 1.165) is 0 Å². The van der Waals surface area contributed by atoms with Crippen LogP contribution in [0, 0.1) is 0 Å². The zero-order valence-corrected chi connectivity index (χ0v) is 18.7. The molecule has 9 nitrogen and oxygen atoms in total. The van der Waals surface area contributed by atoms with Gasteiger partial charge in [-0.3, -0.25) is 4.79 Å². The number of nitrogens with one attached hydrogen (secondary N) is 1. The number of aliphatic hydroxyl groups is 1. The van der Waals surface area contributed by atoms with Crippen molar-refractivity contribution in [2.45, 2.75) is 17.7 Å². The van der Waals surface area contributed by atoms with E-state index in [1.165, 1.54) is 30.6 Å². The molecule has 12 heteroatoms. The molecule has 2 aromatic carbocycles. The van der Waals surface area contributed by atoms with Crippen LogP contribution >= 0.6 is 11.6 Å². The van der Waals surface area contributed by atoms with Crippen LogP contribution in [0.4, 0.5) is 14.5 Å². The van der Waals surface area contributed by atoms with Crippen molar-refractivity contribution in [3.05, 3.63) is 67.0 Å². The fraction of sp³-hybridized carbons (Fsp3) is 0.217. The van der Waals surface area contributed by atoms with Crippen molar-refractivity contribution in [3.8, 4) is 16.9 Å². The van der Waals surface area contributed by atoms with E-state index in [0.29, 0.717) is 40.0 Å². The molecule has 35 heavy (non-hydrogen) atoms. The highest BCUT2D eigenvalue weighted by atomic mass is 35.5. The molecule has 1 fully saturated rings. The third-order valence-corrected chi connectivity index (χ3v) is 5.60. The Labute approximate surface area is 202 Å². The first-order chi connectivity index (χ1) is 16.8. The van der Waals surface area contributed by atoms with E-state index in [2.05, 4.69) is 25.0 Å². The third kappa shape index (κ3) is 4.92. The molecule has 0 unspecified atom stereocenters. The summed E-state index contributed by atoms with van der Waals surface area (Å²) in [5.41, 5.74) is -0.622. The number of anilines is 1. The Kier molecular flexibility index (Phi) is 6.05. The topological polar surface area (TPSA) is 111 Å². The molecule has 2 N–H and O–H groups in total. The second-order valence-electron chi connectivity index (χ2n) is 7.87. The van der Waals surface area contributed by atoms with Crippen LogP contribution in [-0.4, -0.2) is 55.4 Å². The van der Waals surface area contributed by atoms with Gasteiger partial charge in [0.25, 0.3) is 5.91 Å². The SMILES string of the molecule is O=C(Nc1ccc(OC(F)(F)Cl)cc1)c1cc(-c2cncnc2)c2c(c1)ncn2[C@H]1COC[C@@H]1O. The summed E-state index contributed by atoms with van der Waals surface area (Å²) in [7, 11) is 0. The van der Waals surface area contributed by atoms with Crippen LogP contribution in [0.25, 0.3) is 22.2 Å². The van der Waals surface area contributed by atoms with Crippen molar-refractivity contribution in [2.75, 3.05) is 18.5 Å². The number of aromatic nitrogens is 4. The van der Waals surface area contributed by atoms with E-state index in [1.54, 1.807) is 30.9 Å². The van der Waals surface area contributed by atoms with E-state index < -0.39 is 17.6 Å². The zero-order valence-electron chi connectivity index (χ0n) is 17.9. The maximum Gasteiger partial charge on any atom is 0.487 e. The van der Waals surface area contributed by atoms with Crippen LogP contribution < -0.4 is 10.1 Å². The summed E-state index contributed by atoms with van der Waals surface area (Å²) in [6.45, 7) is 0.552. The molecule has 5 rings (SSSR count). The largest absolute Gasteiger partial charge is 0.487 e. The van der Waals surface area contributed by atoms with Gasteiger partial charge in [-0.1, -0.05) is 0 Å². The Hall–Kier alpha value is -3.67. The predicted octanol–water partition coefficient (Wildman–Crippen LogP) is 3.85. The number of nitrogens with zero attached hydrogens (tertiary/aromatic N) is 4. The van der Waals surface area contributed by atoms with Crippen molar-refractivity contribution in [3.63, 3.8) is 0 Å². The summed E-state index contributed by atoms with van der Waals surface area (Å²) < 4.78 is 37.1. The minimum atomic E-state index is -3.83. The lowest BCUT2D eigenvalue weighted by atomic mass is 10.0. The first-order valence-electron chi connectivity index (χ1n) is 10.5. The molecule has 2 atom stereocenters. The first kappa shape index (κ1) is 23.1. The number of rotatable bonds is 6. The molecule has 2 aromatic heterocycles. The molecular formula is C23H18ClF2N5O4. The van der Waals surface area contributed by atoms with E-state index in [4.69, 9.17) is 16.3 Å². The van der Waals surface area contributed by atoms with Crippen LogP contribution in [0.15, 0.2) is 61.4 Å². The molecule has 0 bridgehead atoms. The lowest BCUT2D eigenvalue weighted by Crippen LogP contribution is -2.21. The van der Waals surface area contributed by atoms with Crippen LogP contribution in [0.2, 0.25) is 0 Å². The number of hydrogen-bond donors (Lipinski definition) is 2. The average molecular weight is 502 g/mol. The molecule has 180 valence electrons. The quantitative estimate of drug-likeness (QED) is 0.386.